The summed E-state index contributed by atoms with van der Waals surface area (Å²) in [4.78, 5) is 29.0. The molecular weight excluding hydrogens is 441 g/mol. The third kappa shape index (κ3) is 5.60. The van der Waals surface area contributed by atoms with Gasteiger partial charge < -0.3 is 24.9 Å². The second kappa shape index (κ2) is 10.8. The Kier molecular flexibility index (Phi) is 7.54. The molecule has 180 valence electrons. The number of aliphatic carboxylic acids is 1. The molecule has 1 saturated heterocycles. The van der Waals surface area contributed by atoms with E-state index in [4.69, 9.17) is 14.3 Å². The Balaban J connectivity index is 1.65. The summed E-state index contributed by atoms with van der Waals surface area (Å²) in [5, 5.41) is 15.3. The highest BCUT2D eigenvalue weighted by atomic mass is 19.1. The lowest BCUT2D eigenvalue weighted by Gasteiger charge is -2.29. The number of para-hydroxylation sites is 1. The number of alkyl halides is 1. The molecule has 4 rings (SSSR count). The predicted molar refractivity (Wildman–Crippen MR) is 124 cm³/mol. The molecule has 2 heterocycles. The highest BCUT2D eigenvalue weighted by Gasteiger charge is 2.39. The van der Waals surface area contributed by atoms with Gasteiger partial charge in [-0.1, -0.05) is 24.3 Å². The molecule has 9 heteroatoms. The molecule has 3 aromatic rings. The molecule has 0 saturated carbocycles. The number of halogens is 1. The van der Waals surface area contributed by atoms with Crippen LogP contribution >= 0.6 is 0 Å². The van der Waals surface area contributed by atoms with E-state index in [9.17, 15) is 14.0 Å². The summed E-state index contributed by atoms with van der Waals surface area (Å²) in [5.41, 5.74) is 3.62. The fourth-order valence-corrected chi connectivity index (χ4v) is 4.21. The Hall–Kier alpha value is -3.30. The van der Waals surface area contributed by atoms with Crippen molar-refractivity contribution in [3.63, 3.8) is 0 Å². The molecule has 0 amide bonds. The number of carbonyl (C=O) groups excluding carboxylic acids is 1. The molecule has 1 aliphatic rings. The third-order valence-corrected chi connectivity index (χ3v) is 6.01. The Morgan fingerprint density at radius 3 is 2.88 bits per heavy atom. The van der Waals surface area contributed by atoms with Gasteiger partial charge in [-0.15, -0.1) is 0 Å². The second-order valence-corrected chi connectivity index (χ2v) is 8.51. The number of nitrogens with one attached hydrogen (secondary N) is 2. The van der Waals surface area contributed by atoms with Gasteiger partial charge in [0.05, 0.1) is 0 Å². The van der Waals surface area contributed by atoms with E-state index in [0.717, 1.165) is 11.3 Å². The van der Waals surface area contributed by atoms with E-state index in [2.05, 4.69) is 15.6 Å². The minimum absolute atomic E-state index is 0.0716. The summed E-state index contributed by atoms with van der Waals surface area (Å²) >= 11 is 0. The molecule has 0 radical (unpaired) electrons. The molecule has 3 N–H and O–H groups in total. The van der Waals surface area contributed by atoms with E-state index in [0.29, 0.717) is 16.7 Å². The molecule has 4 atom stereocenters. The van der Waals surface area contributed by atoms with Crippen LogP contribution in [0, 0.1) is 6.92 Å². The summed E-state index contributed by atoms with van der Waals surface area (Å²) in [6.45, 7) is 2.17. The molecule has 1 fully saturated rings. The Morgan fingerprint density at radius 2 is 2.15 bits per heavy atom. The first-order valence-corrected chi connectivity index (χ1v) is 11.3. The van der Waals surface area contributed by atoms with Crippen molar-refractivity contribution in [3.05, 3.63) is 60.0 Å². The summed E-state index contributed by atoms with van der Waals surface area (Å²) in [6, 6.07) is 11.6. The summed E-state index contributed by atoms with van der Waals surface area (Å²) in [5.74, 6) is -1.21. The van der Waals surface area contributed by atoms with Crippen LogP contribution in [-0.2, 0) is 14.3 Å². The number of carbonyl (C=O) groups is 2. The highest BCUT2D eigenvalue weighted by Crippen LogP contribution is 2.29. The number of aromatic nitrogens is 1. The Labute approximate surface area is 196 Å². The van der Waals surface area contributed by atoms with Crippen LogP contribution in [0.15, 0.2) is 53.3 Å². The molecule has 8 nitrogen and oxygen atoms in total. The van der Waals surface area contributed by atoms with Gasteiger partial charge in [-0.05, 0) is 49.1 Å². The number of benzene rings is 2. The fourth-order valence-electron chi connectivity index (χ4n) is 4.21. The van der Waals surface area contributed by atoms with Crippen molar-refractivity contribution in [1.82, 2.24) is 10.3 Å². The van der Waals surface area contributed by atoms with Crippen molar-refractivity contribution in [3.8, 4) is 0 Å². The van der Waals surface area contributed by atoms with E-state index >= 15 is 0 Å². The van der Waals surface area contributed by atoms with Crippen molar-refractivity contribution < 1.29 is 28.2 Å². The zero-order valence-corrected chi connectivity index (χ0v) is 18.9. The first-order valence-electron chi connectivity index (χ1n) is 11.3. The number of anilines is 1. The number of nitrogens with zero attached hydrogens (tertiary/aromatic N) is 1. The number of carboxylic acid groups (broad SMARTS) is 1. The molecule has 0 spiro atoms. The lowest BCUT2D eigenvalue weighted by Crippen LogP contribution is -2.46. The van der Waals surface area contributed by atoms with Gasteiger partial charge in [-0.25, -0.2) is 9.37 Å². The molecule has 2 aromatic carbocycles. The molecule has 1 aliphatic heterocycles. The molecular formula is C25H28FN3O5. The Bertz CT molecular complexity index is 1150. The van der Waals surface area contributed by atoms with Crippen molar-refractivity contribution in [2.24, 2.45) is 0 Å². The zero-order chi connectivity index (χ0) is 24.1. The van der Waals surface area contributed by atoms with Crippen molar-refractivity contribution in [2.75, 3.05) is 18.5 Å². The van der Waals surface area contributed by atoms with Crippen LogP contribution < -0.4 is 10.6 Å². The van der Waals surface area contributed by atoms with Gasteiger partial charge in [-0.2, -0.15) is 0 Å². The minimum Gasteiger partial charge on any atom is -0.481 e. The van der Waals surface area contributed by atoms with Crippen LogP contribution in [0.4, 0.5) is 10.1 Å². The monoisotopic (exact) mass is 469 g/mol. The van der Waals surface area contributed by atoms with Crippen molar-refractivity contribution in [1.29, 1.82) is 0 Å². The number of rotatable bonds is 11. The average Bonchev–Trinajstić information content (AvgIpc) is 3.46. The first-order chi connectivity index (χ1) is 16.4. The van der Waals surface area contributed by atoms with Crippen LogP contribution in [0.25, 0.3) is 11.1 Å². The SMILES string of the molecule is Cc1ccccc1NC(C(=O)C(OCCCC(=O)O)[C@@H]1C[C@H](F)CN1)c1ccc2ncoc2c1. The number of hydrogen-bond acceptors (Lipinski definition) is 7. The van der Waals surface area contributed by atoms with E-state index in [-0.39, 0.29) is 38.2 Å². The van der Waals surface area contributed by atoms with Gasteiger partial charge in [-0.3, -0.25) is 9.59 Å². The van der Waals surface area contributed by atoms with Crippen LogP contribution in [-0.4, -0.2) is 53.3 Å². The van der Waals surface area contributed by atoms with E-state index < -0.39 is 30.3 Å². The number of hydrogen-bond donors (Lipinski definition) is 3. The average molecular weight is 470 g/mol. The Morgan fingerprint density at radius 1 is 1.32 bits per heavy atom. The van der Waals surface area contributed by atoms with Gasteiger partial charge in [0.25, 0.3) is 0 Å². The number of fused-ring (bicyclic) bond motifs is 1. The summed E-state index contributed by atoms with van der Waals surface area (Å²) < 4.78 is 25.4. The number of Topliss-reactive ketones (excluding diaryl/α,β-unsaturated/α-hetero) is 1. The maximum Gasteiger partial charge on any atom is 0.303 e. The zero-order valence-electron chi connectivity index (χ0n) is 18.9. The highest BCUT2D eigenvalue weighted by molar-refractivity contribution is 5.93. The first kappa shape index (κ1) is 23.8. The van der Waals surface area contributed by atoms with Gasteiger partial charge in [0.2, 0.25) is 0 Å². The number of ether oxygens (including phenoxy) is 1. The molecule has 2 unspecified atom stereocenters. The largest absolute Gasteiger partial charge is 0.481 e. The number of ketones is 1. The molecule has 34 heavy (non-hydrogen) atoms. The number of oxazole rings is 1. The van der Waals surface area contributed by atoms with Crippen LogP contribution in [0.3, 0.4) is 0 Å². The predicted octanol–water partition coefficient (Wildman–Crippen LogP) is 3.81. The van der Waals surface area contributed by atoms with Crippen molar-refractivity contribution in [2.45, 2.75) is 50.5 Å². The number of aryl methyl sites for hydroxylation is 1. The van der Waals surface area contributed by atoms with Gasteiger partial charge in [0, 0.05) is 31.3 Å². The topological polar surface area (TPSA) is 114 Å². The summed E-state index contributed by atoms with van der Waals surface area (Å²) in [7, 11) is 0. The number of carboxylic acids is 1. The van der Waals surface area contributed by atoms with Gasteiger partial charge in [0.1, 0.15) is 23.8 Å². The molecule has 0 bridgehead atoms. The third-order valence-electron chi connectivity index (χ3n) is 6.01. The van der Waals surface area contributed by atoms with Gasteiger partial charge >= 0.3 is 5.97 Å². The molecule has 0 aliphatic carbocycles. The lowest BCUT2D eigenvalue weighted by atomic mass is 9.93. The summed E-state index contributed by atoms with van der Waals surface area (Å²) in [6.07, 6.45) is -0.355. The van der Waals surface area contributed by atoms with E-state index in [1.807, 2.05) is 31.2 Å². The normalized spacial score (nSPS) is 19.7. The van der Waals surface area contributed by atoms with E-state index in [1.165, 1.54) is 6.39 Å². The second-order valence-electron chi connectivity index (χ2n) is 8.51. The minimum atomic E-state index is -1.07. The smallest absolute Gasteiger partial charge is 0.303 e. The van der Waals surface area contributed by atoms with Crippen LogP contribution in [0.2, 0.25) is 0 Å². The standard InChI is InChI=1S/C25H28FN3O5/c1-15-5-2-3-6-18(15)29-23(16-8-9-19-21(11-16)34-14-28-19)24(32)25(20-12-17(26)13-27-20)33-10-4-7-22(30)31/h2-3,5-6,8-9,11,14,17,20,23,25,27,29H,4,7,10,12-13H2,1H3,(H,30,31)/t17-,20-,23?,25?/m0/s1. The van der Waals surface area contributed by atoms with E-state index in [1.54, 1.807) is 18.2 Å². The van der Waals surface area contributed by atoms with Crippen LogP contribution in [0.5, 0.6) is 0 Å². The maximum atomic E-state index is 14.0. The maximum absolute atomic E-state index is 14.0. The van der Waals surface area contributed by atoms with Gasteiger partial charge in [0.15, 0.2) is 17.8 Å². The van der Waals surface area contributed by atoms with Crippen LogP contribution in [0.1, 0.15) is 36.4 Å². The van der Waals surface area contributed by atoms with Crippen molar-refractivity contribution >= 4 is 28.5 Å². The fraction of sp³-hybridized carbons (Fsp3) is 0.400. The lowest BCUT2D eigenvalue weighted by molar-refractivity contribution is -0.138. The quantitative estimate of drug-likeness (QED) is 0.363. The molecule has 1 aromatic heterocycles.